The van der Waals surface area contributed by atoms with E-state index in [0.717, 1.165) is 4.88 Å². The van der Waals surface area contributed by atoms with Gasteiger partial charge in [0.2, 0.25) is 5.91 Å². The predicted molar refractivity (Wildman–Crippen MR) is 107 cm³/mol. The summed E-state index contributed by atoms with van der Waals surface area (Å²) in [7, 11) is 1.56. The van der Waals surface area contributed by atoms with Gasteiger partial charge < -0.3 is 15.4 Å². The molecule has 0 saturated carbocycles. The van der Waals surface area contributed by atoms with Crippen molar-refractivity contribution in [1.29, 1.82) is 0 Å². The molecule has 1 aromatic carbocycles. The number of carbonyl (C=O) groups is 1. The lowest BCUT2D eigenvalue weighted by molar-refractivity contribution is -0.136. The maximum absolute atomic E-state index is 12.5. The quantitative estimate of drug-likeness (QED) is 0.791. The highest BCUT2D eigenvalue weighted by Gasteiger charge is 2.24. The highest BCUT2D eigenvalue weighted by Crippen LogP contribution is 2.31. The number of aryl methyl sites for hydroxylation is 1. The van der Waals surface area contributed by atoms with Crippen LogP contribution in [0.15, 0.2) is 36.4 Å². The lowest BCUT2D eigenvalue weighted by Crippen LogP contribution is -2.48. The zero-order chi connectivity index (χ0) is 17.7. The Bertz CT molecular complexity index is 688. The minimum absolute atomic E-state index is 0. The number of nitrogens with zero attached hydrogens (tertiary/aromatic N) is 1. The number of ether oxygens (including phenoxy) is 1. The molecule has 0 fully saturated rings. The SMILES string of the molecule is COCC(N)C(=O)N(Cc1ccc(-c2ccccc2C)s1)C(C)C.Cl. The molecule has 0 spiro atoms. The monoisotopic (exact) mass is 382 g/mol. The highest BCUT2D eigenvalue weighted by atomic mass is 35.5. The Morgan fingerprint density at radius 2 is 1.92 bits per heavy atom. The molecule has 2 aromatic rings. The van der Waals surface area contributed by atoms with E-state index in [9.17, 15) is 4.79 Å². The molecule has 1 unspecified atom stereocenters. The first-order chi connectivity index (χ1) is 11.4. The molecule has 0 aliphatic rings. The van der Waals surface area contributed by atoms with Crippen LogP contribution in [0.25, 0.3) is 10.4 Å². The van der Waals surface area contributed by atoms with E-state index in [2.05, 4.69) is 37.3 Å². The number of hydrogen-bond donors (Lipinski definition) is 1. The summed E-state index contributed by atoms with van der Waals surface area (Å²) >= 11 is 1.72. The third-order valence-electron chi connectivity index (χ3n) is 3.97. The Balaban J connectivity index is 0.00000312. The van der Waals surface area contributed by atoms with Crippen molar-refractivity contribution in [2.24, 2.45) is 5.73 Å². The zero-order valence-electron chi connectivity index (χ0n) is 15.2. The van der Waals surface area contributed by atoms with Gasteiger partial charge in [0.05, 0.1) is 13.2 Å². The van der Waals surface area contributed by atoms with E-state index in [1.807, 2.05) is 24.8 Å². The molecule has 0 saturated heterocycles. The number of amides is 1. The summed E-state index contributed by atoms with van der Waals surface area (Å²) in [6, 6.07) is 12.0. The van der Waals surface area contributed by atoms with E-state index in [4.69, 9.17) is 10.5 Å². The minimum Gasteiger partial charge on any atom is -0.383 e. The van der Waals surface area contributed by atoms with Crippen LogP contribution in [-0.4, -0.2) is 36.6 Å². The maximum atomic E-state index is 12.5. The molecule has 25 heavy (non-hydrogen) atoms. The Morgan fingerprint density at radius 1 is 1.24 bits per heavy atom. The van der Waals surface area contributed by atoms with Crippen LogP contribution in [0.5, 0.6) is 0 Å². The highest BCUT2D eigenvalue weighted by molar-refractivity contribution is 7.15. The van der Waals surface area contributed by atoms with Gasteiger partial charge in [-0.1, -0.05) is 24.3 Å². The smallest absolute Gasteiger partial charge is 0.242 e. The molecule has 0 aliphatic heterocycles. The number of rotatable bonds is 7. The Kier molecular flexibility index (Phi) is 8.59. The molecule has 1 aromatic heterocycles. The van der Waals surface area contributed by atoms with E-state index >= 15 is 0 Å². The van der Waals surface area contributed by atoms with E-state index in [1.54, 1.807) is 18.4 Å². The molecule has 2 N–H and O–H groups in total. The lowest BCUT2D eigenvalue weighted by atomic mass is 10.1. The number of halogens is 1. The van der Waals surface area contributed by atoms with Crippen LogP contribution in [0.1, 0.15) is 24.3 Å². The summed E-state index contributed by atoms with van der Waals surface area (Å²) in [4.78, 5) is 16.7. The van der Waals surface area contributed by atoms with Gasteiger partial charge >= 0.3 is 0 Å². The van der Waals surface area contributed by atoms with Gasteiger partial charge in [-0.3, -0.25) is 4.79 Å². The summed E-state index contributed by atoms with van der Waals surface area (Å²) in [5, 5.41) is 0. The van der Waals surface area contributed by atoms with Gasteiger partial charge in [-0.15, -0.1) is 23.7 Å². The number of benzene rings is 1. The van der Waals surface area contributed by atoms with Crippen LogP contribution in [0, 0.1) is 6.92 Å². The summed E-state index contributed by atoms with van der Waals surface area (Å²) in [6.07, 6.45) is 0. The van der Waals surface area contributed by atoms with Gasteiger partial charge in [0.15, 0.2) is 0 Å². The van der Waals surface area contributed by atoms with Gasteiger partial charge in [-0.05, 0) is 44.0 Å². The van der Waals surface area contributed by atoms with Crippen molar-refractivity contribution in [3.8, 4) is 10.4 Å². The van der Waals surface area contributed by atoms with E-state index < -0.39 is 6.04 Å². The van der Waals surface area contributed by atoms with Gasteiger partial charge in [0.25, 0.3) is 0 Å². The van der Waals surface area contributed by atoms with Crippen molar-refractivity contribution in [2.45, 2.75) is 39.4 Å². The fourth-order valence-electron chi connectivity index (χ4n) is 2.60. The second-order valence-corrected chi connectivity index (χ2v) is 7.37. The molecule has 1 amide bonds. The molecule has 138 valence electrons. The Morgan fingerprint density at radius 3 is 2.52 bits per heavy atom. The van der Waals surface area contributed by atoms with Gasteiger partial charge in [-0.25, -0.2) is 0 Å². The Labute approximate surface area is 160 Å². The first kappa shape index (κ1) is 21.6. The van der Waals surface area contributed by atoms with Crippen molar-refractivity contribution >= 4 is 29.7 Å². The summed E-state index contributed by atoms with van der Waals surface area (Å²) in [5.41, 5.74) is 8.42. The average molecular weight is 383 g/mol. The van der Waals surface area contributed by atoms with E-state index in [0.29, 0.717) is 6.54 Å². The molecule has 6 heteroatoms. The first-order valence-electron chi connectivity index (χ1n) is 8.13. The van der Waals surface area contributed by atoms with Crippen LogP contribution in [0.4, 0.5) is 0 Å². The summed E-state index contributed by atoms with van der Waals surface area (Å²) < 4.78 is 5.01. The molecule has 4 nitrogen and oxygen atoms in total. The molecule has 1 atom stereocenters. The molecule has 1 heterocycles. The largest absolute Gasteiger partial charge is 0.383 e. The summed E-state index contributed by atoms with van der Waals surface area (Å²) in [5.74, 6) is -0.0716. The minimum atomic E-state index is -0.617. The van der Waals surface area contributed by atoms with Crippen molar-refractivity contribution in [2.75, 3.05) is 13.7 Å². The molecular weight excluding hydrogens is 356 g/mol. The first-order valence-corrected chi connectivity index (χ1v) is 8.95. The number of methoxy groups -OCH3 is 1. The lowest BCUT2D eigenvalue weighted by Gasteiger charge is -2.28. The second-order valence-electron chi connectivity index (χ2n) is 6.20. The Hall–Kier alpha value is -1.40. The zero-order valence-corrected chi connectivity index (χ0v) is 16.8. The third-order valence-corrected chi connectivity index (χ3v) is 5.07. The number of thiophene rings is 1. The van der Waals surface area contributed by atoms with Gasteiger partial charge in [0.1, 0.15) is 6.04 Å². The molecular formula is C19H27ClN2O2S. The maximum Gasteiger partial charge on any atom is 0.242 e. The van der Waals surface area contributed by atoms with Crippen molar-refractivity contribution in [3.05, 3.63) is 46.8 Å². The van der Waals surface area contributed by atoms with Crippen LogP contribution < -0.4 is 5.73 Å². The fourth-order valence-corrected chi connectivity index (χ4v) is 3.70. The van der Waals surface area contributed by atoms with E-state index in [1.165, 1.54) is 16.0 Å². The van der Waals surface area contributed by atoms with Crippen LogP contribution in [0.2, 0.25) is 0 Å². The standard InChI is InChI=1S/C19H26N2O2S.ClH/c1-13(2)21(19(22)17(20)12-23-4)11-15-9-10-18(24-15)16-8-6-5-7-14(16)3;/h5-10,13,17H,11-12,20H2,1-4H3;1H. The van der Waals surface area contributed by atoms with Crippen LogP contribution >= 0.6 is 23.7 Å². The van der Waals surface area contributed by atoms with Crippen molar-refractivity contribution < 1.29 is 9.53 Å². The van der Waals surface area contributed by atoms with Crippen molar-refractivity contribution in [1.82, 2.24) is 4.90 Å². The van der Waals surface area contributed by atoms with Gasteiger partial charge in [-0.2, -0.15) is 0 Å². The second kappa shape index (κ2) is 9.92. The number of nitrogens with two attached hydrogens (primary N) is 1. The van der Waals surface area contributed by atoms with E-state index in [-0.39, 0.29) is 31.0 Å². The molecule has 0 bridgehead atoms. The van der Waals surface area contributed by atoms with Crippen molar-refractivity contribution in [3.63, 3.8) is 0 Å². The normalized spacial score (nSPS) is 11.9. The molecule has 0 radical (unpaired) electrons. The average Bonchev–Trinajstić information content (AvgIpc) is 3.00. The molecule has 0 aliphatic carbocycles. The fraction of sp³-hybridized carbons (Fsp3) is 0.421. The van der Waals surface area contributed by atoms with Gasteiger partial charge in [0, 0.05) is 22.9 Å². The topological polar surface area (TPSA) is 55.6 Å². The molecule has 2 rings (SSSR count). The summed E-state index contributed by atoms with van der Waals surface area (Å²) in [6.45, 7) is 6.94. The third kappa shape index (κ3) is 5.54. The van der Waals surface area contributed by atoms with Crippen LogP contribution in [-0.2, 0) is 16.1 Å². The number of hydrogen-bond acceptors (Lipinski definition) is 4. The van der Waals surface area contributed by atoms with Crippen LogP contribution in [0.3, 0.4) is 0 Å². The number of carbonyl (C=O) groups excluding carboxylic acids is 1. The predicted octanol–water partition coefficient (Wildman–Crippen LogP) is 3.86.